The maximum absolute atomic E-state index is 13.2. The predicted octanol–water partition coefficient (Wildman–Crippen LogP) is 1.000. The summed E-state index contributed by atoms with van der Waals surface area (Å²) in [5.74, 6) is 0.711. The van der Waals surface area contributed by atoms with Crippen LogP contribution >= 0.6 is 0 Å². The van der Waals surface area contributed by atoms with E-state index in [4.69, 9.17) is 15.2 Å². The smallest absolute Gasteiger partial charge is 0.292 e. The van der Waals surface area contributed by atoms with Gasteiger partial charge in [-0.15, -0.1) is 5.10 Å². The minimum atomic E-state index is -0.517. The molecule has 3 aromatic rings. The Bertz CT molecular complexity index is 1160. The summed E-state index contributed by atoms with van der Waals surface area (Å²) in [5.41, 5.74) is 10.3. The van der Waals surface area contributed by atoms with E-state index in [2.05, 4.69) is 40.7 Å². The number of aromatic nitrogens is 5. The number of hydrazone groups is 1. The number of nitrogens with one attached hydrogen (secondary N) is 1. The van der Waals surface area contributed by atoms with E-state index in [1.165, 1.54) is 4.68 Å². The van der Waals surface area contributed by atoms with Gasteiger partial charge >= 0.3 is 0 Å². The summed E-state index contributed by atoms with van der Waals surface area (Å²) >= 11 is 0. The molecule has 0 atom stereocenters. The Hall–Kier alpha value is -4.00. The molecule has 2 aromatic heterocycles. The molecule has 0 spiro atoms. The van der Waals surface area contributed by atoms with Gasteiger partial charge in [-0.25, -0.2) is 10.1 Å². The Labute approximate surface area is 189 Å². The van der Waals surface area contributed by atoms with Gasteiger partial charge < -0.3 is 15.2 Å². The number of ether oxygens (including phenoxy) is 2. The Kier molecular flexibility index (Phi) is 6.49. The Morgan fingerprint density at radius 2 is 1.97 bits per heavy atom. The van der Waals surface area contributed by atoms with Gasteiger partial charge in [0.25, 0.3) is 5.91 Å². The molecular formula is C20H25N9O4. The van der Waals surface area contributed by atoms with E-state index in [0.717, 1.165) is 31.5 Å². The molecule has 0 aliphatic carbocycles. The number of rotatable bonds is 8. The Morgan fingerprint density at radius 1 is 1.21 bits per heavy atom. The standard InChI is InChI=1S/C20H25N9O4/c1-12(13-6-7-15(31-2)16(10-13)32-3)22-24-20(30)17-14(11-28-8-4-5-9-28)23-27-29(17)19-18(21)25-33-26-19/h6-7,10H,4-5,8-9,11H2,1-3H3,(H2,21,25)(H,24,30). The average molecular weight is 455 g/mol. The average Bonchev–Trinajstić information content (AvgIpc) is 3.58. The second-order valence-electron chi connectivity index (χ2n) is 7.46. The Morgan fingerprint density at radius 3 is 2.64 bits per heavy atom. The third kappa shape index (κ3) is 4.62. The van der Waals surface area contributed by atoms with Crippen molar-refractivity contribution in [3.63, 3.8) is 0 Å². The molecule has 3 N–H and O–H groups in total. The molecule has 0 radical (unpaired) electrons. The van der Waals surface area contributed by atoms with Gasteiger partial charge in [0.15, 0.2) is 17.2 Å². The number of nitrogen functional groups attached to an aromatic ring is 1. The maximum atomic E-state index is 13.2. The summed E-state index contributed by atoms with van der Waals surface area (Å²) in [6.45, 7) is 4.09. The summed E-state index contributed by atoms with van der Waals surface area (Å²) in [6.07, 6.45) is 2.20. The van der Waals surface area contributed by atoms with Crippen LogP contribution in [0.4, 0.5) is 5.82 Å². The van der Waals surface area contributed by atoms with E-state index in [9.17, 15) is 4.79 Å². The topological polar surface area (TPSA) is 159 Å². The lowest BCUT2D eigenvalue weighted by Crippen LogP contribution is -2.26. The zero-order valence-electron chi connectivity index (χ0n) is 18.6. The highest BCUT2D eigenvalue weighted by Gasteiger charge is 2.27. The molecule has 1 aliphatic heterocycles. The fourth-order valence-corrected chi connectivity index (χ4v) is 3.60. The molecule has 4 rings (SSSR count). The van der Waals surface area contributed by atoms with Crippen molar-refractivity contribution in [2.75, 3.05) is 33.0 Å². The summed E-state index contributed by atoms with van der Waals surface area (Å²) in [7, 11) is 3.11. The number of hydrogen-bond donors (Lipinski definition) is 2. The molecule has 33 heavy (non-hydrogen) atoms. The zero-order valence-corrected chi connectivity index (χ0v) is 18.6. The zero-order chi connectivity index (χ0) is 23.4. The lowest BCUT2D eigenvalue weighted by Gasteiger charge is -2.13. The SMILES string of the molecule is COc1ccc(C(C)=NNC(=O)c2c(CN3CCCC3)nnn2-c2nonc2N)cc1OC. The molecule has 1 fully saturated rings. The van der Waals surface area contributed by atoms with Gasteiger partial charge in [-0.2, -0.15) is 9.78 Å². The summed E-state index contributed by atoms with van der Waals surface area (Å²) in [6, 6.07) is 5.36. The lowest BCUT2D eigenvalue weighted by atomic mass is 10.1. The monoisotopic (exact) mass is 455 g/mol. The van der Waals surface area contributed by atoms with Gasteiger partial charge in [0.05, 0.1) is 19.9 Å². The van der Waals surface area contributed by atoms with Crippen LogP contribution in [0.15, 0.2) is 27.9 Å². The second-order valence-corrected chi connectivity index (χ2v) is 7.46. The molecule has 1 saturated heterocycles. The summed E-state index contributed by atoms with van der Waals surface area (Å²) in [5, 5.41) is 19.8. The van der Waals surface area contributed by atoms with Crippen molar-refractivity contribution < 1.29 is 18.9 Å². The van der Waals surface area contributed by atoms with Crippen LogP contribution in [0.2, 0.25) is 0 Å². The first-order valence-corrected chi connectivity index (χ1v) is 10.3. The molecule has 1 aromatic carbocycles. The molecule has 0 bridgehead atoms. The van der Waals surface area contributed by atoms with Crippen molar-refractivity contribution >= 4 is 17.4 Å². The molecule has 0 saturated carbocycles. The number of methoxy groups -OCH3 is 2. The highest BCUT2D eigenvalue weighted by atomic mass is 16.6. The van der Waals surface area contributed by atoms with Crippen LogP contribution < -0.4 is 20.6 Å². The number of hydrogen-bond acceptors (Lipinski definition) is 11. The van der Waals surface area contributed by atoms with Crippen LogP contribution in [-0.4, -0.2) is 69.1 Å². The molecular weight excluding hydrogens is 430 g/mol. The van der Waals surface area contributed by atoms with Gasteiger partial charge in [0.1, 0.15) is 5.69 Å². The number of benzene rings is 1. The van der Waals surface area contributed by atoms with Crippen molar-refractivity contribution in [3.05, 3.63) is 35.2 Å². The molecule has 0 unspecified atom stereocenters. The normalized spacial score (nSPS) is 14.5. The maximum Gasteiger partial charge on any atom is 0.292 e. The van der Waals surface area contributed by atoms with Gasteiger partial charge in [0.2, 0.25) is 11.6 Å². The Balaban J connectivity index is 1.61. The van der Waals surface area contributed by atoms with Gasteiger partial charge in [-0.05, 0) is 61.4 Å². The van der Waals surface area contributed by atoms with Gasteiger partial charge in [-0.3, -0.25) is 9.69 Å². The lowest BCUT2D eigenvalue weighted by molar-refractivity contribution is 0.0945. The van der Waals surface area contributed by atoms with Crippen molar-refractivity contribution in [1.82, 2.24) is 35.6 Å². The first kappa shape index (κ1) is 22.2. The number of nitrogens with zero attached hydrogens (tertiary/aromatic N) is 7. The van der Waals surface area contributed by atoms with Crippen LogP contribution in [0.25, 0.3) is 5.82 Å². The minimum absolute atomic E-state index is 0.00770. The van der Waals surface area contributed by atoms with Crippen LogP contribution in [0.1, 0.15) is 41.5 Å². The number of carbonyl (C=O) groups is 1. The minimum Gasteiger partial charge on any atom is -0.493 e. The highest BCUT2D eigenvalue weighted by Crippen LogP contribution is 2.27. The fraction of sp³-hybridized carbons (Fsp3) is 0.400. The summed E-state index contributed by atoms with van der Waals surface area (Å²) in [4.78, 5) is 15.4. The third-order valence-electron chi connectivity index (χ3n) is 5.35. The second kappa shape index (κ2) is 9.65. The van der Waals surface area contributed by atoms with Crippen LogP contribution in [0.5, 0.6) is 11.5 Å². The molecule has 1 aliphatic rings. The van der Waals surface area contributed by atoms with Crippen molar-refractivity contribution in [2.24, 2.45) is 5.10 Å². The van der Waals surface area contributed by atoms with E-state index in [1.807, 2.05) is 6.07 Å². The van der Waals surface area contributed by atoms with Crippen LogP contribution in [-0.2, 0) is 6.54 Å². The quantitative estimate of drug-likeness (QED) is 0.370. The van der Waals surface area contributed by atoms with Crippen molar-refractivity contribution in [3.8, 4) is 17.3 Å². The number of amides is 1. The molecule has 13 heteroatoms. The number of carbonyl (C=O) groups excluding carboxylic acids is 1. The number of anilines is 1. The van der Waals surface area contributed by atoms with Crippen LogP contribution in [0, 0.1) is 0 Å². The van der Waals surface area contributed by atoms with E-state index in [0.29, 0.717) is 29.4 Å². The van der Waals surface area contributed by atoms with Crippen LogP contribution in [0.3, 0.4) is 0 Å². The van der Waals surface area contributed by atoms with E-state index >= 15 is 0 Å². The van der Waals surface area contributed by atoms with E-state index in [1.54, 1.807) is 33.3 Å². The van der Waals surface area contributed by atoms with Crippen molar-refractivity contribution in [1.29, 1.82) is 0 Å². The number of nitrogens with two attached hydrogens (primary N) is 1. The third-order valence-corrected chi connectivity index (χ3v) is 5.35. The summed E-state index contributed by atoms with van der Waals surface area (Å²) < 4.78 is 16.5. The molecule has 3 heterocycles. The van der Waals surface area contributed by atoms with E-state index in [-0.39, 0.29) is 17.3 Å². The van der Waals surface area contributed by atoms with E-state index < -0.39 is 5.91 Å². The first-order chi connectivity index (χ1) is 16.0. The molecule has 1 amide bonds. The molecule has 13 nitrogen and oxygen atoms in total. The van der Waals surface area contributed by atoms with Gasteiger partial charge in [0, 0.05) is 12.1 Å². The molecule has 174 valence electrons. The van der Waals surface area contributed by atoms with Gasteiger partial charge in [-0.1, -0.05) is 5.21 Å². The highest BCUT2D eigenvalue weighted by molar-refractivity contribution is 6.01. The largest absolute Gasteiger partial charge is 0.493 e. The van der Waals surface area contributed by atoms with Crippen molar-refractivity contribution in [2.45, 2.75) is 26.3 Å². The number of likely N-dealkylation sites (tertiary alicyclic amines) is 1. The first-order valence-electron chi connectivity index (χ1n) is 10.3. The fourth-order valence-electron chi connectivity index (χ4n) is 3.60. The predicted molar refractivity (Wildman–Crippen MR) is 117 cm³/mol.